The van der Waals surface area contributed by atoms with Crippen LogP contribution in [-0.4, -0.2) is 15.5 Å². The first-order valence-corrected chi connectivity index (χ1v) is 9.25. The van der Waals surface area contributed by atoms with E-state index >= 15 is 0 Å². The van der Waals surface area contributed by atoms with Crippen LogP contribution in [-0.2, 0) is 16.8 Å². The second-order valence-electron chi connectivity index (χ2n) is 7.27. The second kappa shape index (κ2) is 6.67. The van der Waals surface area contributed by atoms with E-state index in [1.807, 2.05) is 73.3 Å². The van der Waals surface area contributed by atoms with E-state index < -0.39 is 5.41 Å². The molecule has 5 heteroatoms. The number of imidazole rings is 1. The van der Waals surface area contributed by atoms with Crippen LogP contribution < -0.4 is 11.1 Å². The zero-order valence-corrected chi connectivity index (χ0v) is 15.7. The Morgan fingerprint density at radius 3 is 2.30 bits per heavy atom. The summed E-state index contributed by atoms with van der Waals surface area (Å²) in [7, 11) is 0. The molecule has 1 aromatic heterocycles. The van der Waals surface area contributed by atoms with Crippen LogP contribution in [0.5, 0.6) is 0 Å². The van der Waals surface area contributed by atoms with Crippen molar-refractivity contribution in [1.29, 1.82) is 0 Å². The molecule has 0 saturated heterocycles. The highest BCUT2D eigenvalue weighted by Gasteiger charge is 2.51. The van der Waals surface area contributed by atoms with Crippen molar-refractivity contribution in [3.63, 3.8) is 0 Å². The number of hydrogen-bond acceptors (Lipinski definition) is 3. The summed E-state index contributed by atoms with van der Waals surface area (Å²) in [6.45, 7) is 4.56. The molecule has 1 heterocycles. The molecule has 1 fully saturated rings. The van der Waals surface area contributed by atoms with E-state index in [-0.39, 0.29) is 5.91 Å². The van der Waals surface area contributed by atoms with Crippen molar-refractivity contribution in [3.8, 4) is 5.69 Å². The van der Waals surface area contributed by atoms with Crippen LogP contribution in [0.3, 0.4) is 0 Å². The van der Waals surface area contributed by atoms with E-state index in [1.54, 1.807) is 0 Å². The molecule has 2 aromatic carbocycles. The number of aromatic nitrogens is 2. The van der Waals surface area contributed by atoms with Gasteiger partial charge in [0.15, 0.2) is 0 Å². The van der Waals surface area contributed by atoms with Crippen molar-refractivity contribution in [2.75, 3.05) is 5.32 Å². The molecule has 0 unspecified atom stereocenters. The summed E-state index contributed by atoms with van der Waals surface area (Å²) >= 11 is 0. The van der Waals surface area contributed by atoms with Gasteiger partial charge in [0, 0.05) is 23.6 Å². The maximum atomic E-state index is 12.9. The monoisotopic (exact) mass is 360 g/mol. The van der Waals surface area contributed by atoms with Gasteiger partial charge in [0.05, 0.1) is 17.4 Å². The Labute approximate surface area is 159 Å². The lowest BCUT2D eigenvalue weighted by Crippen LogP contribution is -2.27. The number of rotatable bonds is 5. The molecule has 5 nitrogen and oxygen atoms in total. The molecule has 0 spiro atoms. The van der Waals surface area contributed by atoms with Crippen molar-refractivity contribution in [1.82, 2.24) is 9.55 Å². The van der Waals surface area contributed by atoms with Gasteiger partial charge in [0.2, 0.25) is 5.91 Å². The molecule has 0 bridgehead atoms. The molecule has 0 atom stereocenters. The Morgan fingerprint density at radius 2 is 1.78 bits per heavy atom. The fraction of sp³-hybridized carbons (Fsp3) is 0.273. The van der Waals surface area contributed by atoms with Crippen LogP contribution in [0.4, 0.5) is 5.69 Å². The molecule has 0 radical (unpaired) electrons. The molecule has 4 rings (SSSR count). The molecule has 3 N–H and O–H groups in total. The minimum atomic E-state index is -0.399. The molecule has 1 aliphatic carbocycles. The highest BCUT2D eigenvalue weighted by atomic mass is 16.2. The van der Waals surface area contributed by atoms with Crippen LogP contribution in [0.25, 0.3) is 5.69 Å². The summed E-state index contributed by atoms with van der Waals surface area (Å²) in [6.07, 6.45) is 3.58. The highest BCUT2D eigenvalue weighted by molar-refractivity contribution is 6.01. The van der Waals surface area contributed by atoms with Gasteiger partial charge in [-0.15, -0.1) is 0 Å². The summed E-state index contributed by atoms with van der Waals surface area (Å²) in [6, 6.07) is 16.0. The summed E-state index contributed by atoms with van der Waals surface area (Å²) in [5, 5.41) is 3.08. The second-order valence-corrected chi connectivity index (χ2v) is 7.27. The van der Waals surface area contributed by atoms with Gasteiger partial charge in [0.1, 0.15) is 0 Å². The number of nitrogens with zero attached hydrogens (tertiary/aromatic N) is 2. The summed E-state index contributed by atoms with van der Waals surface area (Å²) in [4.78, 5) is 17.2. The Kier molecular flexibility index (Phi) is 4.32. The largest absolute Gasteiger partial charge is 0.326 e. The first-order chi connectivity index (χ1) is 13.0. The smallest absolute Gasteiger partial charge is 0.235 e. The quantitative estimate of drug-likeness (QED) is 0.730. The maximum absolute atomic E-state index is 12.9. The fourth-order valence-electron chi connectivity index (χ4n) is 3.45. The Morgan fingerprint density at radius 1 is 1.11 bits per heavy atom. The van der Waals surface area contributed by atoms with E-state index in [9.17, 15) is 4.79 Å². The minimum absolute atomic E-state index is 0.0606. The number of nitrogens with one attached hydrogen (secondary N) is 1. The maximum Gasteiger partial charge on any atom is 0.235 e. The van der Waals surface area contributed by atoms with Gasteiger partial charge in [-0.2, -0.15) is 0 Å². The molecule has 1 saturated carbocycles. The van der Waals surface area contributed by atoms with Gasteiger partial charge < -0.3 is 15.6 Å². The number of hydrogen-bond donors (Lipinski definition) is 2. The molecule has 27 heavy (non-hydrogen) atoms. The molecule has 138 valence electrons. The molecule has 1 amide bonds. The zero-order valence-electron chi connectivity index (χ0n) is 15.7. The number of nitrogens with two attached hydrogens (primary N) is 1. The van der Waals surface area contributed by atoms with E-state index in [4.69, 9.17) is 5.73 Å². The van der Waals surface area contributed by atoms with Crippen LogP contribution >= 0.6 is 0 Å². The first kappa shape index (κ1) is 17.5. The standard InChI is InChI=1S/C22H24N4O/c1-15-16(2)26(14-24-15)20-9-7-19(8-10-20)25-21(27)22(11-12-22)18-5-3-17(13-23)4-6-18/h3-10,14H,11-13,23H2,1-2H3,(H,25,27). The fourth-order valence-corrected chi connectivity index (χ4v) is 3.45. The summed E-state index contributed by atoms with van der Waals surface area (Å²) < 4.78 is 2.04. The van der Waals surface area contributed by atoms with E-state index in [2.05, 4.69) is 10.3 Å². The Hall–Kier alpha value is -2.92. The number of anilines is 1. The summed E-state index contributed by atoms with van der Waals surface area (Å²) in [5.74, 6) is 0.0606. The topological polar surface area (TPSA) is 72.9 Å². The van der Waals surface area contributed by atoms with Gasteiger partial charge in [-0.1, -0.05) is 24.3 Å². The molecule has 3 aromatic rings. The minimum Gasteiger partial charge on any atom is -0.326 e. The first-order valence-electron chi connectivity index (χ1n) is 9.25. The average Bonchev–Trinajstić information content (AvgIpc) is 3.45. The van der Waals surface area contributed by atoms with Crippen molar-refractivity contribution in [3.05, 3.63) is 77.4 Å². The predicted molar refractivity (Wildman–Crippen MR) is 107 cm³/mol. The average molecular weight is 360 g/mol. The number of carbonyl (C=O) groups excluding carboxylic acids is 1. The van der Waals surface area contributed by atoms with E-state index in [0.29, 0.717) is 6.54 Å². The van der Waals surface area contributed by atoms with Crippen molar-refractivity contribution < 1.29 is 4.79 Å². The van der Waals surface area contributed by atoms with Crippen molar-refractivity contribution >= 4 is 11.6 Å². The Bertz CT molecular complexity index is 967. The molecular formula is C22H24N4O. The third-order valence-corrected chi connectivity index (χ3v) is 5.58. The lowest BCUT2D eigenvalue weighted by atomic mass is 9.94. The van der Waals surface area contributed by atoms with Crippen molar-refractivity contribution in [2.45, 2.75) is 38.6 Å². The van der Waals surface area contributed by atoms with Gasteiger partial charge in [0.25, 0.3) is 0 Å². The van der Waals surface area contributed by atoms with Crippen LogP contribution in [0, 0.1) is 13.8 Å². The lowest BCUT2D eigenvalue weighted by molar-refractivity contribution is -0.118. The number of amides is 1. The zero-order chi connectivity index (χ0) is 19.0. The highest BCUT2D eigenvalue weighted by Crippen LogP contribution is 2.49. The number of aryl methyl sites for hydroxylation is 1. The Balaban J connectivity index is 1.50. The van der Waals surface area contributed by atoms with Crippen LogP contribution in [0.2, 0.25) is 0 Å². The lowest BCUT2D eigenvalue weighted by Gasteiger charge is -2.16. The molecular weight excluding hydrogens is 336 g/mol. The van der Waals surface area contributed by atoms with Crippen molar-refractivity contribution in [2.24, 2.45) is 5.73 Å². The predicted octanol–water partition coefficient (Wildman–Crippen LogP) is 3.62. The SMILES string of the molecule is Cc1ncn(-c2ccc(NC(=O)C3(c4ccc(CN)cc4)CC3)cc2)c1C. The van der Waals surface area contributed by atoms with Crippen LogP contribution in [0.1, 0.15) is 35.4 Å². The van der Waals surface area contributed by atoms with Gasteiger partial charge in [-0.05, 0) is 62.1 Å². The van der Waals surface area contributed by atoms with E-state index in [0.717, 1.165) is 46.7 Å². The summed E-state index contributed by atoms with van der Waals surface area (Å²) in [5.41, 5.74) is 11.4. The molecule has 1 aliphatic rings. The molecule has 0 aliphatic heterocycles. The van der Waals surface area contributed by atoms with Gasteiger partial charge >= 0.3 is 0 Å². The number of benzene rings is 2. The van der Waals surface area contributed by atoms with Gasteiger partial charge in [-0.25, -0.2) is 4.98 Å². The normalized spacial score (nSPS) is 14.8. The third kappa shape index (κ3) is 3.15. The third-order valence-electron chi connectivity index (χ3n) is 5.58. The van der Waals surface area contributed by atoms with E-state index in [1.165, 1.54) is 0 Å². The van der Waals surface area contributed by atoms with Crippen LogP contribution in [0.15, 0.2) is 54.9 Å². The number of carbonyl (C=O) groups is 1. The van der Waals surface area contributed by atoms with Gasteiger partial charge in [-0.3, -0.25) is 4.79 Å².